The Morgan fingerprint density at radius 1 is 1.21 bits per heavy atom. The average Bonchev–Trinajstić information content (AvgIpc) is 2.86. The van der Waals surface area contributed by atoms with E-state index < -0.39 is 5.79 Å². The summed E-state index contributed by atoms with van der Waals surface area (Å²) in [6.07, 6.45) is 11.0. The van der Waals surface area contributed by atoms with Crippen LogP contribution < -0.4 is 0 Å². The standard InChI is InChI=1S/C21H30O3/c1-14-10-12-21(23,24)13-17(14)7-6-16-5-4-11-20(3)18(15(2)22)8-9-19(16)20/h6-7,18-19,23-24H,1,4-5,8-13H2,2-3H3/t18-,19+,20-/m1/s1. The van der Waals surface area contributed by atoms with Gasteiger partial charge in [0.05, 0.1) is 0 Å². The topological polar surface area (TPSA) is 57.5 Å². The molecule has 3 aliphatic rings. The van der Waals surface area contributed by atoms with Crippen molar-refractivity contribution in [1.29, 1.82) is 0 Å². The molecule has 3 heteroatoms. The van der Waals surface area contributed by atoms with Crippen LogP contribution in [0.25, 0.3) is 0 Å². The molecule has 0 heterocycles. The number of hydrogen-bond acceptors (Lipinski definition) is 3. The smallest absolute Gasteiger partial charge is 0.166 e. The zero-order valence-electron chi connectivity index (χ0n) is 15.0. The molecule has 3 saturated carbocycles. The van der Waals surface area contributed by atoms with Gasteiger partial charge >= 0.3 is 0 Å². The van der Waals surface area contributed by atoms with Gasteiger partial charge in [0.1, 0.15) is 5.78 Å². The number of rotatable bonds is 2. The van der Waals surface area contributed by atoms with Gasteiger partial charge in [0.2, 0.25) is 0 Å². The maximum atomic E-state index is 12.0. The molecule has 0 unspecified atom stereocenters. The minimum atomic E-state index is -1.60. The van der Waals surface area contributed by atoms with Crippen LogP contribution in [0.4, 0.5) is 0 Å². The largest absolute Gasteiger partial charge is 0.365 e. The van der Waals surface area contributed by atoms with Crippen LogP contribution in [-0.2, 0) is 4.79 Å². The summed E-state index contributed by atoms with van der Waals surface area (Å²) in [6.45, 7) is 8.11. The summed E-state index contributed by atoms with van der Waals surface area (Å²) in [7, 11) is 0. The molecule has 132 valence electrons. The third kappa shape index (κ3) is 3.16. The van der Waals surface area contributed by atoms with Crippen LogP contribution in [0.2, 0.25) is 0 Å². The number of carbonyl (C=O) groups excluding carboxylic acids is 1. The highest BCUT2D eigenvalue weighted by Crippen LogP contribution is 2.57. The molecule has 0 amide bonds. The Morgan fingerprint density at radius 3 is 2.67 bits per heavy atom. The number of aliphatic hydroxyl groups is 2. The van der Waals surface area contributed by atoms with Crippen molar-refractivity contribution in [2.45, 2.75) is 71.0 Å². The second kappa shape index (κ2) is 6.27. The summed E-state index contributed by atoms with van der Waals surface area (Å²) in [5.74, 6) is -0.571. The summed E-state index contributed by atoms with van der Waals surface area (Å²) < 4.78 is 0. The minimum absolute atomic E-state index is 0.107. The van der Waals surface area contributed by atoms with Gasteiger partial charge in [-0.25, -0.2) is 0 Å². The third-order valence-corrected chi connectivity index (χ3v) is 6.71. The highest BCUT2D eigenvalue weighted by molar-refractivity contribution is 5.79. The van der Waals surface area contributed by atoms with Gasteiger partial charge in [0.25, 0.3) is 0 Å². The van der Waals surface area contributed by atoms with Gasteiger partial charge in [-0.1, -0.05) is 36.8 Å². The molecular formula is C21H30O3. The van der Waals surface area contributed by atoms with E-state index in [1.807, 2.05) is 6.08 Å². The van der Waals surface area contributed by atoms with Gasteiger partial charge in [-0.2, -0.15) is 0 Å². The lowest BCUT2D eigenvalue weighted by Crippen LogP contribution is -2.36. The number of ketones is 1. The molecule has 3 aliphatic carbocycles. The van der Waals surface area contributed by atoms with Crippen molar-refractivity contribution in [2.75, 3.05) is 0 Å². The first-order valence-electron chi connectivity index (χ1n) is 9.26. The molecule has 3 rings (SSSR count). The molecule has 3 nitrogen and oxygen atoms in total. The van der Waals surface area contributed by atoms with Crippen LogP contribution in [-0.4, -0.2) is 21.8 Å². The Hall–Kier alpha value is -1.19. The van der Waals surface area contributed by atoms with Crippen LogP contribution in [0, 0.1) is 17.3 Å². The summed E-state index contributed by atoms with van der Waals surface area (Å²) in [6, 6.07) is 0. The van der Waals surface area contributed by atoms with Crippen molar-refractivity contribution in [3.05, 3.63) is 35.5 Å². The molecule has 0 aromatic rings. The molecule has 0 aromatic carbocycles. The van der Waals surface area contributed by atoms with Gasteiger partial charge in [0.15, 0.2) is 5.79 Å². The van der Waals surface area contributed by atoms with E-state index in [9.17, 15) is 15.0 Å². The van der Waals surface area contributed by atoms with Gasteiger partial charge in [0, 0.05) is 18.8 Å². The molecule has 24 heavy (non-hydrogen) atoms. The zero-order valence-corrected chi connectivity index (χ0v) is 15.0. The van der Waals surface area contributed by atoms with Crippen molar-refractivity contribution < 1.29 is 15.0 Å². The molecule has 0 bridgehead atoms. The molecular weight excluding hydrogens is 300 g/mol. The van der Waals surface area contributed by atoms with Gasteiger partial charge in [-0.3, -0.25) is 4.79 Å². The highest BCUT2D eigenvalue weighted by Gasteiger charge is 2.50. The maximum Gasteiger partial charge on any atom is 0.166 e. The van der Waals surface area contributed by atoms with Crippen molar-refractivity contribution in [3.8, 4) is 0 Å². The molecule has 0 aliphatic heterocycles. The van der Waals surface area contributed by atoms with E-state index in [1.165, 1.54) is 5.57 Å². The zero-order chi connectivity index (χ0) is 17.5. The summed E-state index contributed by atoms with van der Waals surface area (Å²) in [5.41, 5.74) is 3.50. The fraction of sp³-hybridized carbons (Fsp3) is 0.667. The lowest BCUT2D eigenvalue weighted by molar-refractivity contribution is -0.167. The first-order chi connectivity index (χ1) is 11.2. The van der Waals surface area contributed by atoms with Crippen LogP contribution >= 0.6 is 0 Å². The summed E-state index contributed by atoms with van der Waals surface area (Å²) in [5, 5.41) is 19.8. The predicted molar refractivity (Wildman–Crippen MR) is 95.2 cm³/mol. The van der Waals surface area contributed by atoms with Crippen LogP contribution in [0.3, 0.4) is 0 Å². The fourth-order valence-electron chi connectivity index (χ4n) is 5.32. The van der Waals surface area contributed by atoms with E-state index in [0.717, 1.165) is 43.3 Å². The number of hydrogen-bond donors (Lipinski definition) is 2. The fourth-order valence-corrected chi connectivity index (χ4v) is 5.32. The predicted octanol–water partition coefficient (Wildman–Crippen LogP) is 4.07. The molecule has 0 saturated heterocycles. The Morgan fingerprint density at radius 2 is 1.96 bits per heavy atom. The lowest BCUT2D eigenvalue weighted by atomic mass is 9.63. The van der Waals surface area contributed by atoms with E-state index in [0.29, 0.717) is 24.5 Å². The number of fused-ring (bicyclic) bond motifs is 1. The van der Waals surface area contributed by atoms with Crippen molar-refractivity contribution >= 4 is 5.78 Å². The maximum absolute atomic E-state index is 12.0. The van der Waals surface area contributed by atoms with Crippen LogP contribution in [0.5, 0.6) is 0 Å². The van der Waals surface area contributed by atoms with Gasteiger partial charge < -0.3 is 10.2 Å². The molecule has 0 radical (unpaired) electrons. The van der Waals surface area contributed by atoms with E-state index in [1.54, 1.807) is 6.92 Å². The quantitative estimate of drug-likeness (QED) is 0.751. The molecule has 2 N–H and O–H groups in total. The Bertz CT molecular complexity index is 611. The summed E-state index contributed by atoms with van der Waals surface area (Å²) >= 11 is 0. The first-order valence-corrected chi connectivity index (χ1v) is 9.26. The van der Waals surface area contributed by atoms with Crippen LogP contribution in [0.15, 0.2) is 35.5 Å². The van der Waals surface area contributed by atoms with E-state index in [-0.39, 0.29) is 17.8 Å². The SMILES string of the molecule is C=C1CCC(O)(O)CC1=CC=C1CCC[C@]2(C)[C@@H](C(C)=O)CC[C@@H]12. The van der Waals surface area contributed by atoms with Crippen molar-refractivity contribution in [3.63, 3.8) is 0 Å². The number of allylic oxidation sites excluding steroid dienone is 4. The van der Waals surface area contributed by atoms with Crippen molar-refractivity contribution in [2.24, 2.45) is 17.3 Å². The Labute approximate surface area is 145 Å². The highest BCUT2D eigenvalue weighted by atomic mass is 16.5. The average molecular weight is 330 g/mol. The lowest BCUT2D eigenvalue weighted by Gasteiger charge is -2.41. The minimum Gasteiger partial charge on any atom is -0.365 e. The van der Waals surface area contributed by atoms with Crippen molar-refractivity contribution in [1.82, 2.24) is 0 Å². The van der Waals surface area contributed by atoms with Crippen LogP contribution in [0.1, 0.15) is 65.2 Å². The third-order valence-electron chi connectivity index (χ3n) is 6.71. The monoisotopic (exact) mass is 330 g/mol. The van der Waals surface area contributed by atoms with E-state index in [2.05, 4.69) is 19.6 Å². The van der Waals surface area contributed by atoms with E-state index >= 15 is 0 Å². The van der Waals surface area contributed by atoms with Gasteiger partial charge in [-0.15, -0.1) is 0 Å². The molecule has 0 aromatic heterocycles. The molecule has 0 spiro atoms. The second-order valence-corrected chi connectivity index (χ2v) is 8.35. The molecule has 3 atom stereocenters. The Kier molecular flexibility index (Phi) is 4.61. The summed E-state index contributed by atoms with van der Waals surface area (Å²) in [4.78, 5) is 12.0. The first kappa shape index (κ1) is 17.6. The van der Waals surface area contributed by atoms with Gasteiger partial charge in [-0.05, 0) is 62.4 Å². The van der Waals surface area contributed by atoms with E-state index in [4.69, 9.17) is 0 Å². The number of carbonyl (C=O) groups is 1. The second-order valence-electron chi connectivity index (χ2n) is 8.35. The molecule has 3 fully saturated rings. The Balaban J connectivity index is 1.84. The number of Topliss-reactive ketones (excluding diaryl/α,β-unsaturated/α-hetero) is 1. The normalized spacial score (nSPS) is 39.2.